The first-order valence-electron chi connectivity index (χ1n) is 9.26. The summed E-state index contributed by atoms with van der Waals surface area (Å²) in [4.78, 5) is 12.9. The normalized spacial score (nSPS) is 15.8. The third-order valence-electron chi connectivity index (χ3n) is 5.12. The second-order valence-corrected chi connectivity index (χ2v) is 7.23. The zero-order chi connectivity index (χ0) is 20.6. The molecule has 6 heteroatoms. The fourth-order valence-electron chi connectivity index (χ4n) is 3.70. The van der Waals surface area contributed by atoms with E-state index in [1.165, 1.54) is 17.7 Å². The molecule has 0 saturated carbocycles. The van der Waals surface area contributed by atoms with Crippen molar-refractivity contribution in [3.05, 3.63) is 89.0 Å². The number of halogens is 3. The average Bonchev–Trinajstić information content (AvgIpc) is 3.06. The molecule has 0 fully saturated rings. The lowest BCUT2D eigenvalue weighted by Crippen LogP contribution is -2.19. The van der Waals surface area contributed by atoms with Gasteiger partial charge in [0.2, 0.25) is 0 Å². The number of amides is 1. The minimum absolute atomic E-state index is 0.108. The molecule has 148 valence electrons. The van der Waals surface area contributed by atoms with Crippen molar-refractivity contribution in [2.75, 3.05) is 5.32 Å². The van der Waals surface area contributed by atoms with Crippen molar-refractivity contribution in [1.82, 2.24) is 0 Å². The molecule has 0 aromatic heterocycles. The Morgan fingerprint density at radius 2 is 1.62 bits per heavy atom. The summed E-state index contributed by atoms with van der Waals surface area (Å²) in [6.45, 7) is 0. The van der Waals surface area contributed by atoms with Crippen molar-refractivity contribution >= 4 is 11.6 Å². The van der Waals surface area contributed by atoms with E-state index in [4.69, 9.17) is 5.73 Å². The number of hydrogen-bond donors (Lipinski definition) is 2. The van der Waals surface area contributed by atoms with Gasteiger partial charge in [0.15, 0.2) is 0 Å². The predicted molar refractivity (Wildman–Crippen MR) is 107 cm³/mol. The van der Waals surface area contributed by atoms with Crippen LogP contribution in [0.2, 0.25) is 0 Å². The molecule has 0 heterocycles. The fourth-order valence-corrected chi connectivity index (χ4v) is 3.70. The third kappa shape index (κ3) is 4.03. The Kier molecular flexibility index (Phi) is 4.88. The Balaban J connectivity index is 1.60. The summed E-state index contributed by atoms with van der Waals surface area (Å²) in [5.74, 6) is -0.317. The summed E-state index contributed by atoms with van der Waals surface area (Å²) in [6.07, 6.45) is -2.78. The maximum atomic E-state index is 12.9. The second kappa shape index (κ2) is 7.37. The maximum absolute atomic E-state index is 12.9. The highest BCUT2D eigenvalue weighted by molar-refractivity contribution is 6.08. The molecule has 0 aliphatic heterocycles. The minimum Gasteiger partial charge on any atom is -0.327 e. The van der Waals surface area contributed by atoms with E-state index in [1.807, 2.05) is 18.2 Å². The summed E-state index contributed by atoms with van der Waals surface area (Å²) in [5, 5.41) is 2.89. The Bertz CT molecular complexity index is 1060. The van der Waals surface area contributed by atoms with Crippen molar-refractivity contribution in [3.63, 3.8) is 0 Å². The van der Waals surface area contributed by atoms with Crippen LogP contribution in [0.4, 0.5) is 18.9 Å². The Morgan fingerprint density at radius 1 is 0.931 bits per heavy atom. The van der Waals surface area contributed by atoms with E-state index < -0.39 is 11.7 Å². The van der Waals surface area contributed by atoms with Gasteiger partial charge in [-0.3, -0.25) is 4.79 Å². The van der Waals surface area contributed by atoms with Gasteiger partial charge in [-0.05, 0) is 65.4 Å². The van der Waals surface area contributed by atoms with Gasteiger partial charge in [-0.25, -0.2) is 0 Å². The zero-order valence-corrected chi connectivity index (χ0v) is 15.5. The number of alkyl halides is 3. The van der Waals surface area contributed by atoms with Gasteiger partial charge >= 0.3 is 6.18 Å². The average molecular weight is 396 g/mol. The first-order chi connectivity index (χ1) is 13.8. The zero-order valence-electron chi connectivity index (χ0n) is 15.5. The van der Waals surface area contributed by atoms with Crippen molar-refractivity contribution in [2.24, 2.45) is 5.73 Å². The first-order valence-corrected chi connectivity index (χ1v) is 9.26. The number of fused-ring (bicyclic) bond motifs is 1. The van der Waals surface area contributed by atoms with Gasteiger partial charge in [0.1, 0.15) is 0 Å². The van der Waals surface area contributed by atoms with Crippen LogP contribution < -0.4 is 11.1 Å². The summed E-state index contributed by atoms with van der Waals surface area (Å²) < 4.78 is 38.5. The van der Waals surface area contributed by atoms with Crippen LogP contribution in [0.3, 0.4) is 0 Å². The number of hydrogen-bond acceptors (Lipinski definition) is 2. The summed E-state index contributed by atoms with van der Waals surface area (Å²) in [5.41, 5.74) is 9.78. The number of carbonyl (C=O) groups excluding carboxylic acids is 1. The molecule has 1 aliphatic rings. The van der Waals surface area contributed by atoms with E-state index in [0.717, 1.165) is 30.5 Å². The number of nitrogens with one attached hydrogen (secondary N) is 1. The van der Waals surface area contributed by atoms with E-state index in [9.17, 15) is 18.0 Å². The van der Waals surface area contributed by atoms with E-state index in [1.54, 1.807) is 24.3 Å². The van der Waals surface area contributed by atoms with Crippen molar-refractivity contribution in [1.29, 1.82) is 0 Å². The van der Waals surface area contributed by atoms with Gasteiger partial charge in [0.05, 0.1) is 5.56 Å². The molecular formula is C23H19F3N2O. The quantitative estimate of drug-likeness (QED) is 0.651. The smallest absolute Gasteiger partial charge is 0.327 e. The number of anilines is 1. The van der Waals surface area contributed by atoms with Crippen LogP contribution in [0.25, 0.3) is 11.1 Å². The molecule has 3 N–H and O–H groups in total. The monoisotopic (exact) mass is 396 g/mol. The van der Waals surface area contributed by atoms with Crippen LogP contribution in [0.15, 0.2) is 66.7 Å². The molecule has 1 aliphatic carbocycles. The van der Waals surface area contributed by atoms with Crippen LogP contribution in [-0.4, -0.2) is 11.9 Å². The first kappa shape index (κ1) is 19.2. The lowest BCUT2D eigenvalue weighted by atomic mass is 9.98. The SMILES string of the molecule is N[C@H]1Cc2ccc(NC(=O)c3ccccc3-c3ccc(C(F)(F)F)cc3)cc2C1. The molecule has 3 nitrogen and oxygen atoms in total. The Hall–Kier alpha value is -3.12. The molecule has 0 bridgehead atoms. The molecule has 0 spiro atoms. The summed E-state index contributed by atoms with van der Waals surface area (Å²) in [6, 6.07) is 17.5. The van der Waals surface area contributed by atoms with Crippen molar-refractivity contribution < 1.29 is 18.0 Å². The molecule has 0 unspecified atom stereocenters. The number of nitrogens with two attached hydrogens (primary N) is 1. The molecule has 3 aromatic rings. The summed E-state index contributed by atoms with van der Waals surface area (Å²) in [7, 11) is 0. The van der Waals surface area contributed by atoms with Crippen LogP contribution in [-0.2, 0) is 19.0 Å². The topological polar surface area (TPSA) is 55.1 Å². The third-order valence-corrected chi connectivity index (χ3v) is 5.12. The highest BCUT2D eigenvalue weighted by Crippen LogP contribution is 2.32. The maximum Gasteiger partial charge on any atom is 0.416 e. The fraction of sp³-hybridized carbons (Fsp3) is 0.174. The van der Waals surface area contributed by atoms with E-state index in [-0.39, 0.29) is 11.9 Å². The molecule has 3 aromatic carbocycles. The van der Waals surface area contributed by atoms with E-state index in [2.05, 4.69) is 5.32 Å². The molecule has 0 saturated heterocycles. The standard InChI is InChI=1S/C23H19F3N2O/c24-23(25,26)17-8-5-14(6-9-17)20-3-1-2-4-21(20)22(29)28-19-10-7-15-11-18(27)12-16(15)13-19/h1-10,13,18H,11-12,27H2,(H,28,29)/t18-/m0/s1. The van der Waals surface area contributed by atoms with E-state index >= 15 is 0 Å². The lowest BCUT2D eigenvalue weighted by Gasteiger charge is -2.12. The summed E-state index contributed by atoms with van der Waals surface area (Å²) >= 11 is 0. The predicted octanol–water partition coefficient (Wildman–Crippen LogP) is 5.05. The van der Waals surface area contributed by atoms with E-state index in [0.29, 0.717) is 22.4 Å². The van der Waals surface area contributed by atoms with Gasteiger partial charge in [0.25, 0.3) is 5.91 Å². The van der Waals surface area contributed by atoms with Crippen LogP contribution in [0, 0.1) is 0 Å². The molecule has 29 heavy (non-hydrogen) atoms. The lowest BCUT2D eigenvalue weighted by molar-refractivity contribution is -0.137. The van der Waals surface area contributed by atoms with Crippen LogP contribution in [0.5, 0.6) is 0 Å². The highest BCUT2D eigenvalue weighted by atomic mass is 19.4. The van der Waals surface area contributed by atoms with Crippen LogP contribution in [0.1, 0.15) is 27.0 Å². The molecule has 1 atom stereocenters. The van der Waals surface area contributed by atoms with Gasteiger partial charge in [0, 0.05) is 17.3 Å². The highest BCUT2D eigenvalue weighted by Gasteiger charge is 2.30. The van der Waals surface area contributed by atoms with Crippen molar-refractivity contribution in [2.45, 2.75) is 25.1 Å². The molecule has 4 rings (SSSR count). The second-order valence-electron chi connectivity index (χ2n) is 7.23. The molecular weight excluding hydrogens is 377 g/mol. The largest absolute Gasteiger partial charge is 0.416 e. The van der Waals surface area contributed by atoms with Gasteiger partial charge < -0.3 is 11.1 Å². The molecule has 1 amide bonds. The van der Waals surface area contributed by atoms with Crippen LogP contribution >= 0.6 is 0 Å². The van der Waals surface area contributed by atoms with Gasteiger partial charge in [-0.15, -0.1) is 0 Å². The number of carbonyl (C=O) groups is 1. The number of rotatable bonds is 3. The Labute approximate surface area is 166 Å². The molecule has 0 radical (unpaired) electrons. The Morgan fingerprint density at radius 3 is 2.34 bits per heavy atom. The minimum atomic E-state index is -4.40. The number of benzene rings is 3. The van der Waals surface area contributed by atoms with Gasteiger partial charge in [-0.2, -0.15) is 13.2 Å². The van der Waals surface area contributed by atoms with Gasteiger partial charge in [-0.1, -0.05) is 36.4 Å². The van der Waals surface area contributed by atoms with Crippen molar-refractivity contribution in [3.8, 4) is 11.1 Å².